The summed E-state index contributed by atoms with van der Waals surface area (Å²) in [5.41, 5.74) is 3.94. The Morgan fingerprint density at radius 3 is 2.37 bits per heavy atom. The van der Waals surface area contributed by atoms with Gasteiger partial charge in [0.25, 0.3) is 5.91 Å². The van der Waals surface area contributed by atoms with E-state index in [1.807, 2.05) is 49.4 Å². The highest BCUT2D eigenvalue weighted by Crippen LogP contribution is 2.27. The number of nitrogens with one attached hydrogen (secondary N) is 1. The lowest BCUT2D eigenvalue weighted by molar-refractivity contribution is -0.149. The van der Waals surface area contributed by atoms with Gasteiger partial charge in [-0.1, -0.05) is 45.0 Å². The molecule has 1 N–H and O–H groups in total. The lowest BCUT2D eigenvalue weighted by Gasteiger charge is -2.14. The van der Waals surface area contributed by atoms with E-state index < -0.39 is 5.97 Å². The van der Waals surface area contributed by atoms with Crippen molar-refractivity contribution in [1.29, 1.82) is 0 Å². The molecule has 0 atom stereocenters. The molecule has 0 fully saturated rings. The van der Waals surface area contributed by atoms with Crippen LogP contribution in [0, 0.1) is 6.92 Å². The summed E-state index contributed by atoms with van der Waals surface area (Å²) < 4.78 is 10.6. The highest BCUT2D eigenvalue weighted by molar-refractivity contribution is 5.92. The van der Waals surface area contributed by atoms with Gasteiger partial charge in [0, 0.05) is 5.69 Å². The van der Waals surface area contributed by atoms with E-state index >= 15 is 0 Å². The molecule has 27 heavy (non-hydrogen) atoms. The maximum atomic E-state index is 11.9. The minimum absolute atomic E-state index is 0.234. The van der Waals surface area contributed by atoms with Gasteiger partial charge in [0.2, 0.25) is 0 Å². The number of amides is 1. The van der Waals surface area contributed by atoms with Gasteiger partial charge >= 0.3 is 5.97 Å². The SMILES string of the molecule is CCc1ccc(NC(=O)COC(=O)COc2cc(C)ccc2C(C)C)cc1. The molecule has 0 aliphatic carbocycles. The predicted molar refractivity (Wildman–Crippen MR) is 106 cm³/mol. The molecule has 2 aromatic rings. The average Bonchev–Trinajstić information content (AvgIpc) is 2.65. The van der Waals surface area contributed by atoms with Crippen LogP contribution in [0.15, 0.2) is 42.5 Å². The fraction of sp³-hybridized carbons (Fsp3) is 0.364. The number of hydrogen-bond acceptors (Lipinski definition) is 4. The molecule has 2 aromatic carbocycles. The Bertz CT molecular complexity index is 781. The largest absolute Gasteiger partial charge is 0.482 e. The van der Waals surface area contributed by atoms with Crippen LogP contribution < -0.4 is 10.1 Å². The van der Waals surface area contributed by atoms with Crippen molar-refractivity contribution in [2.45, 2.75) is 40.0 Å². The predicted octanol–water partition coefficient (Wildman–Crippen LogP) is 4.24. The zero-order chi connectivity index (χ0) is 19.8. The maximum Gasteiger partial charge on any atom is 0.344 e. The van der Waals surface area contributed by atoms with Crippen LogP contribution in [0.1, 0.15) is 43.4 Å². The minimum Gasteiger partial charge on any atom is -0.482 e. The zero-order valence-corrected chi connectivity index (χ0v) is 16.4. The number of ether oxygens (including phenoxy) is 2. The van der Waals surface area contributed by atoms with Crippen molar-refractivity contribution < 1.29 is 19.1 Å². The standard InChI is InChI=1S/C22H27NO4/c1-5-17-7-9-18(10-8-17)23-21(24)13-27-22(25)14-26-20-12-16(4)6-11-19(20)15(2)3/h6-12,15H,5,13-14H2,1-4H3,(H,23,24). The van der Waals surface area contributed by atoms with Crippen LogP contribution in [0.3, 0.4) is 0 Å². The number of aryl methyl sites for hydroxylation is 2. The number of rotatable bonds is 8. The van der Waals surface area contributed by atoms with E-state index in [0.29, 0.717) is 11.4 Å². The quantitative estimate of drug-likeness (QED) is 0.707. The molecule has 1 amide bonds. The van der Waals surface area contributed by atoms with Gasteiger partial charge in [-0.15, -0.1) is 0 Å². The number of carbonyl (C=O) groups excluding carboxylic acids is 2. The summed E-state index contributed by atoms with van der Waals surface area (Å²) >= 11 is 0. The van der Waals surface area contributed by atoms with Crippen LogP contribution in [-0.2, 0) is 20.7 Å². The van der Waals surface area contributed by atoms with Gasteiger partial charge in [0.1, 0.15) is 5.75 Å². The van der Waals surface area contributed by atoms with Gasteiger partial charge in [0.15, 0.2) is 13.2 Å². The number of anilines is 1. The molecule has 0 aliphatic rings. The summed E-state index contributed by atoms with van der Waals surface area (Å²) in [7, 11) is 0. The highest BCUT2D eigenvalue weighted by atomic mass is 16.6. The number of benzene rings is 2. The maximum absolute atomic E-state index is 11.9. The van der Waals surface area contributed by atoms with Crippen molar-refractivity contribution in [1.82, 2.24) is 0 Å². The van der Waals surface area contributed by atoms with E-state index in [0.717, 1.165) is 17.5 Å². The lowest BCUT2D eigenvalue weighted by Crippen LogP contribution is -2.23. The van der Waals surface area contributed by atoms with Gasteiger partial charge in [-0.3, -0.25) is 4.79 Å². The Labute approximate surface area is 160 Å². The highest BCUT2D eigenvalue weighted by Gasteiger charge is 2.12. The van der Waals surface area contributed by atoms with Crippen LogP contribution in [0.2, 0.25) is 0 Å². The van der Waals surface area contributed by atoms with E-state index in [-0.39, 0.29) is 25.0 Å². The van der Waals surface area contributed by atoms with Crippen LogP contribution in [0.25, 0.3) is 0 Å². The fourth-order valence-corrected chi connectivity index (χ4v) is 2.59. The smallest absolute Gasteiger partial charge is 0.344 e. The van der Waals surface area contributed by atoms with E-state index in [1.54, 1.807) is 0 Å². The van der Waals surface area contributed by atoms with Gasteiger partial charge in [-0.05, 0) is 54.2 Å². The molecule has 5 nitrogen and oxygen atoms in total. The van der Waals surface area contributed by atoms with E-state index in [1.165, 1.54) is 5.56 Å². The molecule has 0 heterocycles. The second-order valence-electron chi connectivity index (χ2n) is 6.74. The van der Waals surface area contributed by atoms with E-state index in [2.05, 4.69) is 26.1 Å². The molecular weight excluding hydrogens is 342 g/mol. The summed E-state index contributed by atoms with van der Waals surface area (Å²) in [6.07, 6.45) is 0.936. The average molecular weight is 369 g/mol. The van der Waals surface area contributed by atoms with Crippen molar-refractivity contribution in [3.8, 4) is 5.75 Å². The molecule has 0 bridgehead atoms. The minimum atomic E-state index is -0.581. The zero-order valence-electron chi connectivity index (χ0n) is 16.4. The second-order valence-corrected chi connectivity index (χ2v) is 6.74. The summed E-state index contributed by atoms with van der Waals surface area (Å²) in [6.45, 7) is 7.58. The van der Waals surface area contributed by atoms with Gasteiger partial charge in [-0.25, -0.2) is 4.79 Å². The molecule has 0 aliphatic heterocycles. The first-order valence-corrected chi connectivity index (χ1v) is 9.16. The van der Waals surface area contributed by atoms with Crippen LogP contribution in [-0.4, -0.2) is 25.1 Å². The third kappa shape index (κ3) is 6.44. The van der Waals surface area contributed by atoms with Crippen molar-refractivity contribution in [3.63, 3.8) is 0 Å². The Balaban J connectivity index is 1.80. The number of hydrogen-bond donors (Lipinski definition) is 1. The van der Waals surface area contributed by atoms with Crippen LogP contribution in [0.5, 0.6) is 5.75 Å². The summed E-state index contributed by atoms with van der Waals surface area (Å²) in [5, 5.41) is 2.70. The molecule has 0 saturated carbocycles. The molecule has 0 spiro atoms. The van der Waals surface area contributed by atoms with Crippen molar-refractivity contribution >= 4 is 17.6 Å². The van der Waals surface area contributed by atoms with Crippen molar-refractivity contribution in [3.05, 3.63) is 59.2 Å². The Kier molecular flexibility index (Phi) is 7.41. The Morgan fingerprint density at radius 1 is 1.04 bits per heavy atom. The van der Waals surface area contributed by atoms with Gasteiger partial charge in [-0.2, -0.15) is 0 Å². The molecule has 0 unspecified atom stereocenters. The Hall–Kier alpha value is -2.82. The molecular formula is C22H27NO4. The molecule has 0 radical (unpaired) electrons. The first kappa shape index (κ1) is 20.5. The van der Waals surface area contributed by atoms with Gasteiger partial charge in [0.05, 0.1) is 0 Å². The summed E-state index contributed by atoms with van der Waals surface area (Å²) in [6, 6.07) is 13.5. The molecule has 144 valence electrons. The molecule has 0 aromatic heterocycles. The first-order chi connectivity index (χ1) is 12.9. The van der Waals surface area contributed by atoms with Crippen molar-refractivity contribution in [2.24, 2.45) is 0 Å². The van der Waals surface area contributed by atoms with E-state index in [9.17, 15) is 9.59 Å². The molecule has 5 heteroatoms. The molecule has 0 saturated heterocycles. The third-order valence-electron chi connectivity index (χ3n) is 4.15. The summed E-state index contributed by atoms with van der Waals surface area (Å²) in [5.74, 6) is -0.0161. The van der Waals surface area contributed by atoms with Crippen LogP contribution >= 0.6 is 0 Å². The Morgan fingerprint density at radius 2 is 1.74 bits per heavy atom. The van der Waals surface area contributed by atoms with Gasteiger partial charge < -0.3 is 14.8 Å². The topological polar surface area (TPSA) is 64.6 Å². The van der Waals surface area contributed by atoms with Crippen molar-refractivity contribution in [2.75, 3.05) is 18.5 Å². The third-order valence-corrected chi connectivity index (χ3v) is 4.15. The number of esters is 1. The lowest BCUT2D eigenvalue weighted by atomic mass is 10.0. The molecule has 2 rings (SSSR count). The fourth-order valence-electron chi connectivity index (χ4n) is 2.59. The first-order valence-electron chi connectivity index (χ1n) is 9.16. The monoisotopic (exact) mass is 369 g/mol. The van der Waals surface area contributed by atoms with E-state index in [4.69, 9.17) is 9.47 Å². The number of carbonyl (C=O) groups is 2. The van der Waals surface area contributed by atoms with Crippen LogP contribution in [0.4, 0.5) is 5.69 Å². The normalized spacial score (nSPS) is 10.6. The second kappa shape index (κ2) is 9.76. The summed E-state index contributed by atoms with van der Waals surface area (Å²) in [4.78, 5) is 23.8.